The van der Waals surface area contributed by atoms with Crippen LogP contribution >= 0.6 is 22.9 Å². The van der Waals surface area contributed by atoms with Crippen LogP contribution in [0.2, 0.25) is 4.34 Å². The molecule has 0 fully saturated rings. The number of Topliss-reactive ketones (excluding diaryl/α,β-unsaturated/α-hetero) is 1. The molecule has 0 aliphatic heterocycles. The summed E-state index contributed by atoms with van der Waals surface area (Å²) in [5.74, 6) is -0.477. The monoisotopic (exact) mass is 269 g/mol. The molecule has 5 heteroatoms. The van der Waals surface area contributed by atoms with Crippen LogP contribution in [0, 0.1) is 5.82 Å². The lowest BCUT2D eigenvalue weighted by atomic mass is 10.2. The first-order chi connectivity index (χ1) is 8.16. The predicted octanol–water partition coefficient (Wildman–Crippen LogP) is 3.84. The van der Waals surface area contributed by atoms with Crippen LogP contribution in [-0.2, 0) is 0 Å². The van der Waals surface area contributed by atoms with Gasteiger partial charge in [0, 0.05) is 0 Å². The lowest BCUT2D eigenvalue weighted by molar-refractivity contribution is 0.101. The van der Waals surface area contributed by atoms with Crippen molar-refractivity contribution in [2.75, 3.05) is 11.9 Å². The number of nitrogens with one attached hydrogen (secondary N) is 1. The van der Waals surface area contributed by atoms with E-state index in [-0.39, 0.29) is 18.1 Å². The van der Waals surface area contributed by atoms with Crippen LogP contribution in [0.4, 0.5) is 10.1 Å². The molecule has 0 spiro atoms. The molecule has 1 heterocycles. The third kappa shape index (κ3) is 3.05. The summed E-state index contributed by atoms with van der Waals surface area (Å²) in [5.41, 5.74) is 0.323. The second-order valence-corrected chi connectivity index (χ2v) is 5.08. The number of halogens is 2. The summed E-state index contributed by atoms with van der Waals surface area (Å²) in [6.07, 6.45) is 0. The zero-order valence-electron chi connectivity index (χ0n) is 8.74. The minimum atomic E-state index is -0.371. The molecule has 1 aromatic carbocycles. The predicted molar refractivity (Wildman–Crippen MR) is 68.5 cm³/mol. The Balaban J connectivity index is 1.99. The molecule has 17 heavy (non-hydrogen) atoms. The molecule has 0 saturated carbocycles. The van der Waals surface area contributed by atoms with Gasteiger partial charge in [0.25, 0.3) is 0 Å². The number of hydrogen-bond donors (Lipinski definition) is 1. The number of ketones is 1. The molecule has 0 unspecified atom stereocenters. The highest BCUT2D eigenvalue weighted by Crippen LogP contribution is 2.22. The van der Waals surface area contributed by atoms with Crippen LogP contribution in [0.25, 0.3) is 0 Å². The molecule has 2 aromatic rings. The van der Waals surface area contributed by atoms with Gasteiger partial charge in [0.2, 0.25) is 0 Å². The van der Waals surface area contributed by atoms with Gasteiger partial charge in [0.05, 0.1) is 21.4 Å². The van der Waals surface area contributed by atoms with Crippen molar-refractivity contribution in [3.63, 3.8) is 0 Å². The number of anilines is 1. The zero-order valence-corrected chi connectivity index (χ0v) is 10.3. The summed E-state index contributed by atoms with van der Waals surface area (Å²) in [6, 6.07) is 9.57. The lowest BCUT2D eigenvalue weighted by Crippen LogP contribution is -2.13. The van der Waals surface area contributed by atoms with Crippen LogP contribution in [0.1, 0.15) is 9.67 Å². The molecule has 0 atom stereocenters. The van der Waals surface area contributed by atoms with E-state index in [2.05, 4.69) is 5.32 Å². The minimum Gasteiger partial charge on any atom is -0.375 e. The van der Waals surface area contributed by atoms with Crippen molar-refractivity contribution in [1.29, 1.82) is 0 Å². The second kappa shape index (κ2) is 5.29. The van der Waals surface area contributed by atoms with Crippen LogP contribution in [0.5, 0.6) is 0 Å². The van der Waals surface area contributed by atoms with Crippen molar-refractivity contribution in [3.05, 3.63) is 51.4 Å². The van der Waals surface area contributed by atoms with Gasteiger partial charge in [0.1, 0.15) is 5.82 Å². The van der Waals surface area contributed by atoms with E-state index in [1.165, 1.54) is 17.4 Å². The molecule has 2 nitrogen and oxygen atoms in total. The molecular formula is C12H9ClFNOS. The molecular weight excluding hydrogens is 261 g/mol. The Hall–Kier alpha value is -1.39. The van der Waals surface area contributed by atoms with E-state index in [1.807, 2.05) is 0 Å². The van der Waals surface area contributed by atoms with Gasteiger partial charge < -0.3 is 5.32 Å². The summed E-state index contributed by atoms with van der Waals surface area (Å²) in [5, 5.41) is 2.76. The SMILES string of the molecule is O=C(CNc1ccccc1F)c1ccc(Cl)s1. The van der Waals surface area contributed by atoms with Crippen molar-refractivity contribution < 1.29 is 9.18 Å². The Bertz CT molecular complexity index is 541. The van der Waals surface area contributed by atoms with E-state index in [1.54, 1.807) is 30.3 Å². The zero-order chi connectivity index (χ0) is 12.3. The van der Waals surface area contributed by atoms with Crippen LogP contribution in [-0.4, -0.2) is 12.3 Å². The van der Waals surface area contributed by atoms with Gasteiger partial charge in [0.15, 0.2) is 5.78 Å². The number of para-hydroxylation sites is 1. The normalized spacial score (nSPS) is 10.2. The summed E-state index contributed by atoms with van der Waals surface area (Å²) in [7, 11) is 0. The number of hydrogen-bond acceptors (Lipinski definition) is 3. The largest absolute Gasteiger partial charge is 0.375 e. The van der Waals surface area contributed by atoms with Crippen molar-refractivity contribution in [2.45, 2.75) is 0 Å². The number of carbonyl (C=O) groups is 1. The Morgan fingerprint density at radius 3 is 2.71 bits per heavy atom. The van der Waals surface area contributed by atoms with E-state index < -0.39 is 0 Å². The number of benzene rings is 1. The third-order valence-electron chi connectivity index (χ3n) is 2.16. The van der Waals surface area contributed by atoms with Crippen molar-refractivity contribution in [3.8, 4) is 0 Å². The maximum atomic E-state index is 13.3. The molecule has 1 aromatic heterocycles. The average molecular weight is 270 g/mol. The standard InChI is InChI=1S/C12H9ClFNOS/c13-12-6-5-11(17-12)10(16)7-15-9-4-2-1-3-8(9)14/h1-6,15H,7H2. The van der Waals surface area contributed by atoms with Gasteiger partial charge in [-0.1, -0.05) is 23.7 Å². The smallest absolute Gasteiger partial charge is 0.191 e. The highest BCUT2D eigenvalue weighted by molar-refractivity contribution is 7.18. The van der Waals surface area contributed by atoms with Gasteiger partial charge in [-0.15, -0.1) is 11.3 Å². The topological polar surface area (TPSA) is 29.1 Å². The lowest BCUT2D eigenvalue weighted by Gasteiger charge is -2.05. The summed E-state index contributed by atoms with van der Waals surface area (Å²) < 4.78 is 13.8. The number of rotatable bonds is 4. The molecule has 0 radical (unpaired) electrons. The Morgan fingerprint density at radius 2 is 2.06 bits per heavy atom. The molecule has 0 amide bonds. The van der Waals surface area contributed by atoms with Crippen molar-refractivity contribution in [1.82, 2.24) is 0 Å². The Labute approximate surface area is 107 Å². The molecule has 0 aliphatic carbocycles. The quantitative estimate of drug-likeness (QED) is 0.855. The highest BCUT2D eigenvalue weighted by Gasteiger charge is 2.09. The first kappa shape index (κ1) is 12.1. The van der Waals surface area contributed by atoms with E-state index in [4.69, 9.17) is 11.6 Å². The van der Waals surface area contributed by atoms with E-state index >= 15 is 0 Å². The minimum absolute atomic E-state index is 0.0533. The van der Waals surface area contributed by atoms with Crippen molar-refractivity contribution >= 4 is 34.4 Å². The number of thiophene rings is 1. The number of carbonyl (C=O) groups excluding carboxylic acids is 1. The molecule has 1 N–H and O–H groups in total. The fourth-order valence-corrected chi connectivity index (χ4v) is 2.31. The van der Waals surface area contributed by atoms with Gasteiger partial charge in [-0.3, -0.25) is 4.79 Å². The highest BCUT2D eigenvalue weighted by atomic mass is 35.5. The Morgan fingerprint density at radius 1 is 1.29 bits per heavy atom. The first-order valence-electron chi connectivity index (χ1n) is 4.94. The first-order valence-corrected chi connectivity index (χ1v) is 6.13. The van der Waals surface area contributed by atoms with Gasteiger partial charge in [-0.2, -0.15) is 0 Å². The maximum absolute atomic E-state index is 13.3. The fourth-order valence-electron chi connectivity index (χ4n) is 1.33. The molecule has 2 rings (SSSR count). The fraction of sp³-hybridized carbons (Fsp3) is 0.0833. The average Bonchev–Trinajstić information content (AvgIpc) is 2.74. The summed E-state index contributed by atoms with van der Waals surface area (Å²) in [4.78, 5) is 12.3. The van der Waals surface area contributed by atoms with Crippen LogP contribution < -0.4 is 5.32 Å². The summed E-state index contributed by atoms with van der Waals surface area (Å²) in [6.45, 7) is 0.0533. The van der Waals surface area contributed by atoms with Crippen molar-refractivity contribution in [2.24, 2.45) is 0 Å². The molecule has 88 valence electrons. The van der Waals surface area contributed by atoms with Gasteiger partial charge >= 0.3 is 0 Å². The van der Waals surface area contributed by atoms with E-state index in [0.717, 1.165) is 0 Å². The van der Waals surface area contributed by atoms with E-state index in [9.17, 15) is 9.18 Å². The third-order valence-corrected chi connectivity index (χ3v) is 3.43. The Kier molecular flexibility index (Phi) is 3.76. The maximum Gasteiger partial charge on any atom is 0.191 e. The van der Waals surface area contributed by atoms with Crippen LogP contribution in [0.3, 0.4) is 0 Å². The van der Waals surface area contributed by atoms with E-state index in [0.29, 0.717) is 14.9 Å². The second-order valence-electron chi connectivity index (χ2n) is 3.36. The van der Waals surface area contributed by atoms with Gasteiger partial charge in [-0.25, -0.2) is 4.39 Å². The molecule has 0 aliphatic rings. The van der Waals surface area contributed by atoms with Crippen LogP contribution in [0.15, 0.2) is 36.4 Å². The molecule has 0 bridgehead atoms. The molecule has 0 saturated heterocycles. The van der Waals surface area contributed by atoms with Gasteiger partial charge in [-0.05, 0) is 24.3 Å². The summed E-state index contributed by atoms with van der Waals surface area (Å²) >= 11 is 6.95.